The number of hydrogen-bond acceptors (Lipinski definition) is 4. The zero-order valence-electron chi connectivity index (χ0n) is 14.0. The number of carbonyl (C=O) groups is 2. The minimum Gasteiger partial charge on any atom is -0.493 e. The number of Topliss-reactive ketones (excluding diaryl/α,β-unsaturated/α-hetero) is 1. The molecule has 1 N–H and O–H groups in total. The van der Waals surface area contributed by atoms with E-state index >= 15 is 0 Å². The highest BCUT2D eigenvalue weighted by atomic mass is 79.9. The van der Waals surface area contributed by atoms with Crippen LogP contribution >= 0.6 is 31.9 Å². The third-order valence-corrected chi connectivity index (χ3v) is 4.63. The summed E-state index contributed by atoms with van der Waals surface area (Å²) >= 11 is 6.86. The molecule has 2 aromatic carbocycles. The summed E-state index contributed by atoms with van der Waals surface area (Å²) in [6, 6.07) is 8.64. The van der Waals surface area contributed by atoms with Crippen LogP contribution in [0.1, 0.15) is 22.8 Å². The predicted molar refractivity (Wildman–Crippen MR) is 104 cm³/mol. The Bertz CT molecular complexity index is 798. The number of nitrogens with one attached hydrogen (secondary N) is 1. The van der Waals surface area contributed by atoms with Crippen molar-refractivity contribution in [3.8, 4) is 11.5 Å². The third kappa shape index (κ3) is 5.06. The van der Waals surface area contributed by atoms with Gasteiger partial charge in [-0.3, -0.25) is 9.59 Å². The van der Waals surface area contributed by atoms with Crippen LogP contribution in [0.25, 0.3) is 0 Å². The lowest BCUT2D eigenvalue weighted by molar-refractivity contribution is -0.118. The lowest BCUT2D eigenvalue weighted by atomic mass is 10.1. The van der Waals surface area contributed by atoms with Crippen LogP contribution in [0, 0.1) is 6.92 Å². The molecule has 0 bridgehead atoms. The summed E-state index contributed by atoms with van der Waals surface area (Å²) in [5.41, 5.74) is 2.21. The maximum absolute atomic E-state index is 12.2. The molecule has 0 aliphatic heterocycles. The monoisotopic (exact) mass is 469 g/mol. The number of amides is 1. The molecule has 0 atom stereocenters. The van der Waals surface area contributed by atoms with Crippen molar-refractivity contribution in [2.45, 2.75) is 13.8 Å². The molecule has 5 nitrogen and oxygen atoms in total. The molecule has 2 rings (SSSR count). The average molecular weight is 471 g/mol. The molecular formula is C18H17Br2NO4. The topological polar surface area (TPSA) is 64.6 Å². The Morgan fingerprint density at radius 3 is 2.28 bits per heavy atom. The summed E-state index contributed by atoms with van der Waals surface area (Å²) in [6.07, 6.45) is 0. The number of anilines is 1. The summed E-state index contributed by atoms with van der Waals surface area (Å²) in [6.45, 7) is 3.24. The SMILES string of the molecule is COc1cc(C(C)=O)ccc1OCC(=O)Nc1c(Br)cc(C)cc1Br. The molecule has 0 unspecified atom stereocenters. The van der Waals surface area contributed by atoms with Crippen LogP contribution in [0.3, 0.4) is 0 Å². The van der Waals surface area contributed by atoms with E-state index in [2.05, 4.69) is 37.2 Å². The van der Waals surface area contributed by atoms with E-state index in [1.54, 1.807) is 18.2 Å². The van der Waals surface area contributed by atoms with E-state index in [0.717, 1.165) is 14.5 Å². The van der Waals surface area contributed by atoms with Crippen LogP contribution in [-0.2, 0) is 4.79 Å². The Morgan fingerprint density at radius 1 is 1.08 bits per heavy atom. The van der Waals surface area contributed by atoms with Crippen LogP contribution in [0.15, 0.2) is 39.3 Å². The van der Waals surface area contributed by atoms with Crippen molar-refractivity contribution in [2.24, 2.45) is 0 Å². The molecule has 0 spiro atoms. The lowest BCUT2D eigenvalue weighted by Gasteiger charge is -2.13. The van der Waals surface area contributed by atoms with Gasteiger partial charge in [0, 0.05) is 14.5 Å². The first-order valence-corrected chi connectivity index (χ1v) is 8.97. The molecule has 0 aliphatic carbocycles. The first-order valence-electron chi connectivity index (χ1n) is 7.39. The number of hydrogen-bond donors (Lipinski definition) is 1. The highest BCUT2D eigenvalue weighted by molar-refractivity contribution is 9.11. The highest BCUT2D eigenvalue weighted by Gasteiger charge is 2.13. The molecule has 25 heavy (non-hydrogen) atoms. The number of ether oxygens (including phenoxy) is 2. The van der Waals surface area contributed by atoms with Crippen molar-refractivity contribution in [1.82, 2.24) is 0 Å². The van der Waals surface area contributed by atoms with Gasteiger partial charge in [-0.05, 0) is 81.6 Å². The van der Waals surface area contributed by atoms with Crippen molar-refractivity contribution >= 4 is 49.2 Å². The zero-order chi connectivity index (χ0) is 18.6. The average Bonchev–Trinajstić information content (AvgIpc) is 2.55. The second-order valence-corrected chi connectivity index (χ2v) is 7.07. The van der Waals surface area contributed by atoms with Crippen LogP contribution in [-0.4, -0.2) is 25.4 Å². The van der Waals surface area contributed by atoms with E-state index in [-0.39, 0.29) is 18.3 Å². The second-order valence-electron chi connectivity index (χ2n) is 5.36. The van der Waals surface area contributed by atoms with Gasteiger partial charge in [-0.25, -0.2) is 0 Å². The van der Waals surface area contributed by atoms with Crippen molar-refractivity contribution in [3.63, 3.8) is 0 Å². The van der Waals surface area contributed by atoms with Crippen LogP contribution in [0.4, 0.5) is 5.69 Å². The number of carbonyl (C=O) groups excluding carboxylic acids is 2. The fraction of sp³-hybridized carbons (Fsp3) is 0.222. The maximum Gasteiger partial charge on any atom is 0.262 e. The summed E-state index contributed by atoms with van der Waals surface area (Å²) in [5.74, 6) is 0.405. The molecule has 0 heterocycles. The van der Waals surface area contributed by atoms with E-state index in [9.17, 15) is 9.59 Å². The smallest absolute Gasteiger partial charge is 0.262 e. The number of ketones is 1. The number of aryl methyl sites for hydroxylation is 1. The van der Waals surface area contributed by atoms with Gasteiger partial charge in [0.05, 0.1) is 12.8 Å². The fourth-order valence-corrected chi connectivity index (χ4v) is 3.76. The molecule has 1 amide bonds. The van der Waals surface area contributed by atoms with Gasteiger partial charge in [0.2, 0.25) is 0 Å². The summed E-state index contributed by atoms with van der Waals surface area (Å²) in [7, 11) is 1.48. The van der Waals surface area contributed by atoms with E-state index in [4.69, 9.17) is 9.47 Å². The molecule has 0 saturated carbocycles. The minimum atomic E-state index is -0.317. The van der Waals surface area contributed by atoms with E-state index in [0.29, 0.717) is 22.7 Å². The molecule has 0 aromatic heterocycles. The van der Waals surface area contributed by atoms with Gasteiger partial charge in [0.15, 0.2) is 23.9 Å². The Labute approximate surface area is 163 Å². The number of benzene rings is 2. The molecular weight excluding hydrogens is 454 g/mol. The van der Waals surface area contributed by atoms with Crippen molar-refractivity contribution in [1.29, 1.82) is 0 Å². The standard InChI is InChI=1S/C18H17Br2NO4/c1-10-6-13(19)18(14(20)7-10)21-17(23)9-25-15-5-4-12(11(2)22)8-16(15)24-3/h4-8H,9H2,1-3H3,(H,21,23). The zero-order valence-corrected chi connectivity index (χ0v) is 17.2. The summed E-state index contributed by atoms with van der Waals surface area (Å²) in [5, 5.41) is 2.79. The summed E-state index contributed by atoms with van der Waals surface area (Å²) < 4.78 is 12.3. The third-order valence-electron chi connectivity index (χ3n) is 3.38. The van der Waals surface area contributed by atoms with E-state index in [1.807, 2.05) is 19.1 Å². The quantitative estimate of drug-likeness (QED) is 0.618. The van der Waals surface area contributed by atoms with E-state index in [1.165, 1.54) is 14.0 Å². The van der Waals surface area contributed by atoms with Gasteiger partial charge < -0.3 is 14.8 Å². The molecule has 0 radical (unpaired) electrons. The van der Waals surface area contributed by atoms with E-state index < -0.39 is 0 Å². The van der Waals surface area contributed by atoms with Crippen molar-refractivity contribution in [3.05, 3.63) is 50.4 Å². The molecule has 0 aliphatic rings. The van der Waals surface area contributed by atoms with Crippen molar-refractivity contribution < 1.29 is 19.1 Å². The van der Waals surface area contributed by atoms with Gasteiger partial charge in [0.25, 0.3) is 5.91 Å². The Balaban J connectivity index is 2.07. The van der Waals surface area contributed by atoms with Gasteiger partial charge in [-0.15, -0.1) is 0 Å². The molecule has 0 saturated heterocycles. The molecule has 2 aromatic rings. The molecule has 132 valence electrons. The largest absolute Gasteiger partial charge is 0.493 e. The van der Waals surface area contributed by atoms with Gasteiger partial charge in [-0.2, -0.15) is 0 Å². The van der Waals surface area contributed by atoms with Gasteiger partial charge in [0.1, 0.15) is 0 Å². The lowest BCUT2D eigenvalue weighted by Crippen LogP contribution is -2.21. The van der Waals surface area contributed by atoms with Crippen LogP contribution in [0.5, 0.6) is 11.5 Å². The van der Waals surface area contributed by atoms with Crippen LogP contribution in [0.2, 0.25) is 0 Å². The van der Waals surface area contributed by atoms with Gasteiger partial charge in [-0.1, -0.05) is 0 Å². The minimum absolute atomic E-state index is 0.0725. The van der Waals surface area contributed by atoms with Crippen molar-refractivity contribution in [2.75, 3.05) is 19.0 Å². The normalized spacial score (nSPS) is 10.3. The first-order chi connectivity index (χ1) is 11.8. The predicted octanol–water partition coefficient (Wildman–Crippen LogP) is 4.75. The Kier molecular flexibility index (Phi) is 6.61. The Morgan fingerprint density at radius 2 is 1.72 bits per heavy atom. The number of rotatable bonds is 6. The molecule has 0 fully saturated rings. The Hall–Kier alpha value is -1.86. The number of halogens is 2. The summed E-state index contributed by atoms with van der Waals surface area (Å²) in [4.78, 5) is 23.6. The fourth-order valence-electron chi connectivity index (χ4n) is 2.14. The number of methoxy groups -OCH3 is 1. The highest BCUT2D eigenvalue weighted by Crippen LogP contribution is 2.32. The van der Waals surface area contributed by atoms with Crippen LogP contribution < -0.4 is 14.8 Å². The second kappa shape index (κ2) is 8.49. The maximum atomic E-state index is 12.2. The van der Waals surface area contributed by atoms with Gasteiger partial charge >= 0.3 is 0 Å². The molecule has 7 heteroatoms. The first kappa shape index (κ1) is 19.5.